The van der Waals surface area contributed by atoms with Crippen molar-refractivity contribution in [3.8, 4) is 0 Å². The maximum atomic E-state index is 0. The van der Waals surface area contributed by atoms with E-state index in [2.05, 4.69) is 0 Å². The van der Waals surface area contributed by atoms with Crippen LogP contribution in [0.5, 0.6) is 0 Å². The number of rotatable bonds is 0. The molecule has 0 spiro atoms. The first-order chi connectivity index (χ1) is 0. The topological polar surface area (TPSA) is 31.5 Å². The van der Waals surface area contributed by atoms with Gasteiger partial charge in [-0.15, -0.1) is 12.4 Å². The average Bonchev–Trinajstić information content (AvgIpc) is 0. The molecule has 0 amide bonds. The molecule has 0 aromatic heterocycles. The van der Waals surface area contributed by atoms with Crippen molar-refractivity contribution in [3.63, 3.8) is 0 Å². The Labute approximate surface area is 103 Å². The summed E-state index contributed by atoms with van der Waals surface area (Å²) in [6.45, 7) is 0. The van der Waals surface area contributed by atoms with E-state index in [9.17, 15) is 0 Å². The summed E-state index contributed by atoms with van der Waals surface area (Å²) in [5.41, 5.74) is 0. The second-order valence-electron chi connectivity index (χ2n) is 0. The van der Waals surface area contributed by atoms with Gasteiger partial charge in [-0.25, -0.2) is 0 Å². The van der Waals surface area contributed by atoms with E-state index in [0.29, 0.717) is 0 Å². The Morgan fingerprint density at radius 2 is 1.25 bits per heavy atom. The van der Waals surface area contributed by atoms with Crippen molar-refractivity contribution >= 4 is 29.8 Å². The molecule has 1 nitrogen and oxygen atoms in total. The standard InChI is InChI=1S/Al.ClH.Cs.H2O.4H/h;1H;;1H2;;;;/q;;+1;;;;;-1. The Morgan fingerprint density at radius 1 is 1.25 bits per heavy atom. The second-order valence-corrected chi connectivity index (χ2v) is 0. The van der Waals surface area contributed by atoms with Crippen LogP contribution in [0.2, 0.25) is 0 Å². The smallest absolute Gasteiger partial charge is 1.00 e. The van der Waals surface area contributed by atoms with E-state index >= 15 is 0 Å². The van der Waals surface area contributed by atoms with Gasteiger partial charge in [-0.3, -0.25) is 0 Å². The zero-order chi connectivity index (χ0) is 0. The van der Waals surface area contributed by atoms with Gasteiger partial charge < -0.3 is 6.90 Å². The van der Waals surface area contributed by atoms with Gasteiger partial charge >= 0.3 is 68.9 Å². The molecule has 4 heavy (non-hydrogen) atoms. The molecule has 0 heterocycles. The van der Waals surface area contributed by atoms with Gasteiger partial charge in [-0.05, 0) is 0 Å². The van der Waals surface area contributed by atoms with Crippen LogP contribution in [0.3, 0.4) is 0 Å². The average molecular weight is 218 g/mol. The van der Waals surface area contributed by atoms with Crippen LogP contribution in [-0.2, 0) is 0 Å². The molecule has 0 bridgehead atoms. The SMILES string of the molecule is Cl.O.[AlH3].[Cs+].[H-]. The molecule has 24 valence electrons. The first-order valence-electron chi connectivity index (χ1n) is 0. The fourth-order valence-corrected chi connectivity index (χ4v) is 0. The first kappa shape index (κ1) is 29.0. The molecule has 0 rings (SSSR count). The summed E-state index contributed by atoms with van der Waals surface area (Å²) >= 11 is 0. The molecule has 0 aliphatic carbocycles. The molecule has 0 atom stereocenters. The third-order valence-electron chi connectivity index (χ3n) is 0. The Hall–Kier alpha value is 2.83. The van der Waals surface area contributed by atoms with Crippen molar-refractivity contribution in [2.75, 3.05) is 0 Å². The van der Waals surface area contributed by atoms with Gasteiger partial charge in [0, 0.05) is 0 Å². The molecule has 0 saturated carbocycles. The van der Waals surface area contributed by atoms with Gasteiger partial charge in [0.25, 0.3) is 0 Å². The van der Waals surface area contributed by atoms with Gasteiger partial charge in [0.2, 0.25) is 0 Å². The predicted molar refractivity (Wildman–Crippen MR) is 21.9 cm³/mol. The van der Waals surface area contributed by atoms with Crippen LogP contribution < -0.4 is 68.9 Å². The number of hydrogen-bond acceptors (Lipinski definition) is 0. The summed E-state index contributed by atoms with van der Waals surface area (Å²) in [7, 11) is 0. The monoisotopic (exact) mass is 218 g/mol. The second kappa shape index (κ2) is 17.0. The molecular weight excluding hydrogens is 211 g/mol. The first-order valence-corrected chi connectivity index (χ1v) is 0. The molecule has 0 radical (unpaired) electrons. The fourth-order valence-electron chi connectivity index (χ4n) is 0. The zero-order valence-electron chi connectivity index (χ0n) is 2.91. The molecule has 0 aromatic carbocycles. The van der Waals surface area contributed by atoms with Crippen molar-refractivity contribution in [2.45, 2.75) is 0 Å². The number of hydrogen-bond donors (Lipinski definition) is 0. The minimum atomic E-state index is 0. The summed E-state index contributed by atoms with van der Waals surface area (Å²) in [5.74, 6) is 0. The molecule has 0 aliphatic heterocycles. The number of halogens is 1. The minimum absolute atomic E-state index is 0. The van der Waals surface area contributed by atoms with Crippen LogP contribution in [0, 0.1) is 0 Å². The van der Waals surface area contributed by atoms with Crippen molar-refractivity contribution in [2.24, 2.45) is 0 Å². The van der Waals surface area contributed by atoms with Crippen molar-refractivity contribution in [1.82, 2.24) is 0 Å². The van der Waals surface area contributed by atoms with E-state index in [1.165, 1.54) is 0 Å². The summed E-state index contributed by atoms with van der Waals surface area (Å²) in [6.07, 6.45) is 0. The molecule has 0 unspecified atom stereocenters. The van der Waals surface area contributed by atoms with Crippen molar-refractivity contribution < 1.29 is 75.8 Å². The van der Waals surface area contributed by atoms with E-state index < -0.39 is 0 Å². The Bertz CT molecular complexity index is 11.6. The van der Waals surface area contributed by atoms with Gasteiger partial charge in [0.1, 0.15) is 0 Å². The van der Waals surface area contributed by atoms with Gasteiger partial charge in [0.05, 0.1) is 0 Å². The van der Waals surface area contributed by atoms with E-state index in [1.54, 1.807) is 0 Å². The van der Waals surface area contributed by atoms with E-state index in [1.807, 2.05) is 0 Å². The normalized spacial score (nSPS) is 0. The van der Waals surface area contributed by atoms with Crippen molar-refractivity contribution in [3.05, 3.63) is 0 Å². The Balaban J connectivity index is 0. The fraction of sp³-hybridized carbons (Fsp3) is 0. The maximum Gasteiger partial charge on any atom is 1.00 e. The third-order valence-corrected chi connectivity index (χ3v) is 0. The molecule has 0 saturated heterocycles. The summed E-state index contributed by atoms with van der Waals surface area (Å²) < 4.78 is 0. The van der Waals surface area contributed by atoms with Gasteiger partial charge in [-0.1, -0.05) is 0 Å². The molecule has 0 aromatic rings. The van der Waals surface area contributed by atoms with E-state index in [4.69, 9.17) is 0 Å². The molecule has 2 N–H and O–H groups in total. The Kier molecular flexibility index (Phi) is 123. The van der Waals surface area contributed by atoms with Crippen LogP contribution in [-0.4, -0.2) is 22.8 Å². The predicted octanol–water partition coefficient (Wildman–Crippen LogP) is -4.47. The van der Waals surface area contributed by atoms with Gasteiger partial charge in [-0.2, -0.15) is 0 Å². The Morgan fingerprint density at radius 3 is 1.25 bits per heavy atom. The van der Waals surface area contributed by atoms with Crippen LogP contribution in [0.25, 0.3) is 0 Å². The van der Waals surface area contributed by atoms with Crippen molar-refractivity contribution in [1.29, 1.82) is 0 Å². The van der Waals surface area contributed by atoms with Gasteiger partial charge in [0.15, 0.2) is 17.4 Å². The van der Waals surface area contributed by atoms with Crippen LogP contribution in [0.15, 0.2) is 0 Å². The van der Waals surface area contributed by atoms with E-state index in [-0.39, 0.29) is 106 Å². The van der Waals surface area contributed by atoms with Crippen LogP contribution in [0.1, 0.15) is 1.43 Å². The van der Waals surface area contributed by atoms with E-state index in [0.717, 1.165) is 0 Å². The van der Waals surface area contributed by atoms with Crippen LogP contribution >= 0.6 is 12.4 Å². The largest absolute Gasteiger partial charge is 1.00 e. The summed E-state index contributed by atoms with van der Waals surface area (Å²) in [5, 5.41) is 0. The molecule has 4 heteroatoms. The van der Waals surface area contributed by atoms with Crippen LogP contribution in [0.4, 0.5) is 0 Å². The zero-order valence-corrected chi connectivity index (χ0v) is 9.00. The third kappa shape index (κ3) is 8.85. The summed E-state index contributed by atoms with van der Waals surface area (Å²) in [4.78, 5) is 0. The molecule has 0 aliphatic rings. The molecule has 0 fully saturated rings. The summed E-state index contributed by atoms with van der Waals surface area (Å²) in [6, 6.07) is 0. The maximum absolute atomic E-state index is 0. The molecular formula is H7AlClCsO. The minimum Gasteiger partial charge on any atom is -1.00 e. The quantitative estimate of drug-likeness (QED) is 0.367.